The van der Waals surface area contributed by atoms with Crippen molar-refractivity contribution in [3.05, 3.63) is 47.2 Å². The van der Waals surface area contributed by atoms with Crippen molar-refractivity contribution in [3.8, 4) is 0 Å². The molecule has 1 aromatic rings. The quantitative estimate of drug-likeness (QED) is 0.907. The van der Waals surface area contributed by atoms with E-state index in [2.05, 4.69) is 31.8 Å². The molecule has 0 bridgehead atoms. The average molecular weight is 284 g/mol. The van der Waals surface area contributed by atoms with Crippen LogP contribution in [-0.2, 0) is 11.3 Å². The number of nitrogens with one attached hydrogen (secondary N) is 1. The molecule has 1 unspecified atom stereocenters. The van der Waals surface area contributed by atoms with Gasteiger partial charge in [0, 0.05) is 17.8 Å². The molecule has 1 atom stereocenters. The maximum atomic E-state index is 12.6. The van der Waals surface area contributed by atoms with Crippen molar-refractivity contribution < 1.29 is 9.59 Å². The van der Waals surface area contributed by atoms with Crippen LogP contribution < -0.4 is 5.32 Å². The van der Waals surface area contributed by atoms with E-state index in [4.69, 9.17) is 0 Å². The first-order chi connectivity index (χ1) is 9.97. The molecular weight excluding hydrogens is 264 g/mol. The zero-order valence-corrected chi connectivity index (χ0v) is 12.5. The Morgan fingerprint density at radius 1 is 1.33 bits per heavy atom. The van der Waals surface area contributed by atoms with Crippen molar-refractivity contribution in [1.82, 2.24) is 10.2 Å². The Balaban J connectivity index is 1.87. The highest BCUT2D eigenvalue weighted by atomic mass is 16.2. The van der Waals surface area contributed by atoms with Crippen molar-refractivity contribution >= 4 is 11.8 Å². The lowest BCUT2D eigenvalue weighted by Crippen LogP contribution is -2.49. The van der Waals surface area contributed by atoms with E-state index in [0.717, 1.165) is 28.8 Å². The van der Waals surface area contributed by atoms with Gasteiger partial charge in [-0.1, -0.05) is 32.6 Å². The van der Waals surface area contributed by atoms with Crippen molar-refractivity contribution in [3.63, 3.8) is 0 Å². The fourth-order valence-corrected chi connectivity index (χ4v) is 3.01. The third kappa shape index (κ3) is 2.35. The Bertz CT molecular complexity index is 634. The van der Waals surface area contributed by atoms with Gasteiger partial charge in [0.15, 0.2) is 0 Å². The zero-order chi connectivity index (χ0) is 15.1. The molecule has 110 valence electrons. The maximum Gasteiger partial charge on any atom is 0.255 e. The number of amides is 2. The van der Waals surface area contributed by atoms with E-state index in [0.29, 0.717) is 18.9 Å². The van der Waals surface area contributed by atoms with Gasteiger partial charge in [-0.2, -0.15) is 0 Å². The van der Waals surface area contributed by atoms with E-state index in [1.807, 2.05) is 12.1 Å². The number of allylic oxidation sites excluding steroid dienone is 1. The Kier molecular flexibility index (Phi) is 3.32. The first-order valence-electron chi connectivity index (χ1n) is 7.40. The fraction of sp³-hybridized carbons (Fsp3) is 0.412. The van der Waals surface area contributed by atoms with Crippen LogP contribution in [0.5, 0.6) is 0 Å². The van der Waals surface area contributed by atoms with Gasteiger partial charge in [-0.05, 0) is 36.0 Å². The van der Waals surface area contributed by atoms with Crippen LogP contribution in [0.2, 0.25) is 0 Å². The van der Waals surface area contributed by atoms with Crippen LogP contribution in [0.15, 0.2) is 30.5 Å². The Morgan fingerprint density at radius 3 is 2.76 bits per heavy atom. The number of nitrogens with zero attached hydrogens (tertiary/aromatic N) is 1. The van der Waals surface area contributed by atoms with Gasteiger partial charge in [0.25, 0.3) is 5.91 Å². The number of fused-ring (bicyclic) bond motifs is 1. The van der Waals surface area contributed by atoms with E-state index in [1.165, 1.54) is 0 Å². The van der Waals surface area contributed by atoms with Gasteiger partial charge in [-0.25, -0.2) is 0 Å². The Hall–Kier alpha value is -2.10. The monoisotopic (exact) mass is 284 g/mol. The minimum Gasteiger partial charge on any atom is -0.329 e. The van der Waals surface area contributed by atoms with Crippen LogP contribution in [0.1, 0.15) is 54.1 Å². The third-order valence-corrected chi connectivity index (χ3v) is 4.33. The summed E-state index contributed by atoms with van der Waals surface area (Å²) in [4.78, 5) is 26.4. The molecule has 2 heterocycles. The molecule has 2 aliphatic rings. The molecule has 1 fully saturated rings. The summed E-state index contributed by atoms with van der Waals surface area (Å²) >= 11 is 0. The number of carbonyl (C=O) groups excluding carboxylic acids is 2. The molecule has 2 amide bonds. The summed E-state index contributed by atoms with van der Waals surface area (Å²) in [7, 11) is 0. The lowest BCUT2D eigenvalue weighted by molar-refractivity contribution is -0.126. The number of hydrogen-bond donors (Lipinski definition) is 1. The van der Waals surface area contributed by atoms with Crippen LogP contribution in [0, 0.1) is 0 Å². The second-order valence-corrected chi connectivity index (χ2v) is 6.15. The van der Waals surface area contributed by atoms with Crippen LogP contribution in [-0.4, -0.2) is 22.8 Å². The second kappa shape index (κ2) is 5.02. The van der Waals surface area contributed by atoms with Gasteiger partial charge in [0.1, 0.15) is 6.04 Å². The number of benzene rings is 1. The Labute approximate surface area is 124 Å². The summed E-state index contributed by atoms with van der Waals surface area (Å²) in [5.74, 6) is 0.245. The SMILES string of the molecule is C=C1CCC(N2Cc3ccc(C(C)C)cc3C2=O)C(=O)N1. The molecule has 0 aliphatic carbocycles. The minimum absolute atomic E-state index is 0.0276. The number of piperidine rings is 1. The van der Waals surface area contributed by atoms with Gasteiger partial charge < -0.3 is 10.2 Å². The molecule has 0 saturated carbocycles. The van der Waals surface area contributed by atoms with Gasteiger partial charge >= 0.3 is 0 Å². The normalized spacial score (nSPS) is 21.8. The predicted octanol–water partition coefficient (Wildman–Crippen LogP) is 2.56. The largest absolute Gasteiger partial charge is 0.329 e. The van der Waals surface area contributed by atoms with E-state index in [1.54, 1.807) is 4.90 Å². The van der Waals surface area contributed by atoms with E-state index >= 15 is 0 Å². The lowest BCUT2D eigenvalue weighted by atomic mass is 9.98. The molecule has 1 N–H and O–H groups in total. The number of hydrogen-bond acceptors (Lipinski definition) is 2. The number of carbonyl (C=O) groups is 2. The van der Waals surface area contributed by atoms with Crippen LogP contribution in [0.25, 0.3) is 0 Å². The molecule has 0 aromatic heterocycles. The minimum atomic E-state index is -0.377. The van der Waals surface area contributed by atoms with Crippen molar-refractivity contribution in [2.24, 2.45) is 0 Å². The third-order valence-electron chi connectivity index (χ3n) is 4.33. The summed E-state index contributed by atoms with van der Waals surface area (Å²) in [6.45, 7) is 8.53. The molecular formula is C17H20N2O2. The first kappa shape index (κ1) is 13.9. The van der Waals surface area contributed by atoms with E-state index in [-0.39, 0.29) is 17.9 Å². The van der Waals surface area contributed by atoms with Crippen LogP contribution >= 0.6 is 0 Å². The van der Waals surface area contributed by atoms with E-state index in [9.17, 15) is 9.59 Å². The molecule has 4 heteroatoms. The molecule has 21 heavy (non-hydrogen) atoms. The smallest absolute Gasteiger partial charge is 0.255 e. The van der Waals surface area contributed by atoms with Crippen molar-refractivity contribution in [2.75, 3.05) is 0 Å². The summed E-state index contributed by atoms with van der Waals surface area (Å²) in [5.41, 5.74) is 3.66. The molecule has 0 radical (unpaired) electrons. The van der Waals surface area contributed by atoms with Gasteiger partial charge in [-0.3, -0.25) is 9.59 Å². The highest BCUT2D eigenvalue weighted by molar-refractivity contribution is 6.01. The summed E-state index contributed by atoms with van der Waals surface area (Å²) in [5, 5.41) is 2.76. The zero-order valence-electron chi connectivity index (χ0n) is 12.5. The predicted molar refractivity (Wildman–Crippen MR) is 80.7 cm³/mol. The molecule has 1 aromatic carbocycles. The Morgan fingerprint density at radius 2 is 2.10 bits per heavy atom. The van der Waals surface area contributed by atoms with Crippen molar-refractivity contribution in [1.29, 1.82) is 0 Å². The number of rotatable bonds is 2. The fourth-order valence-electron chi connectivity index (χ4n) is 3.01. The molecule has 3 rings (SSSR count). The highest BCUT2D eigenvalue weighted by Gasteiger charge is 2.38. The van der Waals surface area contributed by atoms with Crippen molar-refractivity contribution in [2.45, 2.75) is 45.2 Å². The highest BCUT2D eigenvalue weighted by Crippen LogP contribution is 2.30. The summed E-state index contributed by atoms with van der Waals surface area (Å²) < 4.78 is 0. The van der Waals surface area contributed by atoms with Gasteiger partial charge in [0.2, 0.25) is 5.91 Å². The second-order valence-electron chi connectivity index (χ2n) is 6.15. The molecule has 0 spiro atoms. The van der Waals surface area contributed by atoms with Gasteiger partial charge in [-0.15, -0.1) is 0 Å². The molecule has 2 aliphatic heterocycles. The molecule has 4 nitrogen and oxygen atoms in total. The van der Waals surface area contributed by atoms with Crippen LogP contribution in [0.3, 0.4) is 0 Å². The first-order valence-corrected chi connectivity index (χ1v) is 7.40. The topological polar surface area (TPSA) is 49.4 Å². The summed E-state index contributed by atoms with van der Waals surface area (Å²) in [6.07, 6.45) is 1.38. The standard InChI is InChI=1S/C17H20N2O2/c1-10(2)12-5-6-13-9-19(17(21)14(13)8-12)15-7-4-11(3)18-16(15)20/h5-6,8,10,15H,3-4,7,9H2,1-2H3,(H,18,20). The average Bonchev–Trinajstić information content (AvgIpc) is 2.75. The van der Waals surface area contributed by atoms with Gasteiger partial charge in [0.05, 0.1) is 0 Å². The molecule has 1 saturated heterocycles. The summed E-state index contributed by atoms with van der Waals surface area (Å²) in [6, 6.07) is 5.69. The van der Waals surface area contributed by atoms with E-state index < -0.39 is 0 Å². The maximum absolute atomic E-state index is 12.6. The lowest BCUT2D eigenvalue weighted by Gasteiger charge is -2.30. The van der Waals surface area contributed by atoms with Crippen LogP contribution in [0.4, 0.5) is 0 Å².